The van der Waals surface area contributed by atoms with Crippen molar-refractivity contribution in [1.29, 1.82) is 0 Å². The first kappa shape index (κ1) is 31.3. The van der Waals surface area contributed by atoms with Crippen molar-refractivity contribution in [3.05, 3.63) is 60.2 Å². The van der Waals surface area contributed by atoms with E-state index >= 15 is 0 Å². The molecule has 0 aliphatic heterocycles. The third-order valence-corrected chi connectivity index (χ3v) is 5.92. The van der Waals surface area contributed by atoms with Gasteiger partial charge in [-0.2, -0.15) is 0 Å². The van der Waals surface area contributed by atoms with Gasteiger partial charge in [-0.1, -0.05) is 10.2 Å². The molecule has 0 saturated carbocycles. The number of rotatable bonds is 10. The molecule has 0 radical (unpaired) electrons. The van der Waals surface area contributed by atoms with Gasteiger partial charge in [0.2, 0.25) is 12.7 Å². The van der Waals surface area contributed by atoms with Crippen LogP contribution in [0.1, 0.15) is 17.5 Å². The molecule has 0 aliphatic carbocycles. The minimum absolute atomic E-state index is 0. The SMILES string of the molecule is Cc1cc(N=Nc2n(C)nc[n+]2C)ccc1NCCCNc1ccc(N=Nc2n(C)nc[n+]2C)cc1C.[Cl-].[Cl-]. The highest BCUT2D eigenvalue weighted by Crippen LogP contribution is 2.24. The first-order chi connectivity index (χ1) is 17.8. The Morgan fingerprint density at radius 3 is 1.44 bits per heavy atom. The summed E-state index contributed by atoms with van der Waals surface area (Å²) in [5.41, 5.74) is 6.05. The molecule has 2 heterocycles. The molecule has 2 N–H and O–H groups in total. The molecule has 39 heavy (non-hydrogen) atoms. The second kappa shape index (κ2) is 14.3. The molecule has 0 fully saturated rings. The molecule has 0 amide bonds. The van der Waals surface area contributed by atoms with Gasteiger partial charge in [-0.3, -0.25) is 0 Å². The van der Waals surface area contributed by atoms with Gasteiger partial charge in [0.05, 0.1) is 39.6 Å². The van der Waals surface area contributed by atoms with Gasteiger partial charge in [0, 0.05) is 34.7 Å². The number of aryl methyl sites for hydroxylation is 6. The van der Waals surface area contributed by atoms with Crippen LogP contribution in [0.3, 0.4) is 0 Å². The Morgan fingerprint density at radius 1 is 0.692 bits per heavy atom. The molecule has 0 unspecified atom stereocenters. The van der Waals surface area contributed by atoms with E-state index in [1.807, 2.05) is 73.7 Å². The predicted molar refractivity (Wildman–Crippen MR) is 141 cm³/mol. The summed E-state index contributed by atoms with van der Waals surface area (Å²) in [5, 5.41) is 32.7. The zero-order valence-electron chi connectivity index (χ0n) is 23.0. The molecule has 2 aromatic carbocycles. The van der Waals surface area contributed by atoms with E-state index in [9.17, 15) is 0 Å². The van der Waals surface area contributed by atoms with Gasteiger partial charge in [0.15, 0.2) is 0 Å². The van der Waals surface area contributed by atoms with E-state index in [2.05, 4.69) is 55.1 Å². The van der Waals surface area contributed by atoms with E-state index in [0.717, 1.165) is 53.4 Å². The number of halogens is 2. The topological polar surface area (TPSA) is 117 Å². The first-order valence-corrected chi connectivity index (χ1v) is 12.1. The number of hydrogen-bond donors (Lipinski definition) is 2. The summed E-state index contributed by atoms with van der Waals surface area (Å²) in [5.74, 6) is 1.36. The van der Waals surface area contributed by atoms with Crippen LogP contribution in [0.15, 0.2) is 69.5 Å². The predicted octanol–water partition coefficient (Wildman–Crippen LogP) is -1.83. The van der Waals surface area contributed by atoms with Crippen molar-refractivity contribution >= 4 is 34.6 Å². The summed E-state index contributed by atoms with van der Waals surface area (Å²) < 4.78 is 7.02. The van der Waals surface area contributed by atoms with E-state index in [4.69, 9.17) is 0 Å². The van der Waals surface area contributed by atoms with E-state index in [0.29, 0.717) is 11.9 Å². The van der Waals surface area contributed by atoms with Crippen LogP contribution in [0.25, 0.3) is 0 Å². The van der Waals surface area contributed by atoms with Gasteiger partial charge in [0.1, 0.15) is 0 Å². The maximum Gasteiger partial charge on any atom is 0.403 e. The van der Waals surface area contributed by atoms with Gasteiger partial charge in [-0.05, 0) is 78.0 Å². The Morgan fingerprint density at radius 2 is 1.10 bits per heavy atom. The van der Waals surface area contributed by atoms with E-state index < -0.39 is 0 Å². The molecular formula is C25H34Cl2N12. The summed E-state index contributed by atoms with van der Waals surface area (Å²) in [6.07, 6.45) is 4.38. The lowest BCUT2D eigenvalue weighted by Crippen LogP contribution is -3.00. The summed E-state index contributed by atoms with van der Waals surface area (Å²) in [7, 11) is 7.47. The fourth-order valence-corrected chi connectivity index (χ4v) is 3.80. The fraction of sp³-hybridized carbons (Fsp3) is 0.360. The maximum atomic E-state index is 4.35. The van der Waals surface area contributed by atoms with Crippen molar-refractivity contribution in [2.75, 3.05) is 23.7 Å². The largest absolute Gasteiger partial charge is 1.00 e. The lowest BCUT2D eigenvalue weighted by Gasteiger charge is -2.12. The highest BCUT2D eigenvalue weighted by molar-refractivity contribution is 5.58. The molecule has 0 bridgehead atoms. The average molecular weight is 574 g/mol. The number of benzene rings is 2. The van der Waals surface area contributed by atoms with Crippen molar-refractivity contribution in [2.45, 2.75) is 20.3 Å². The normalized spacial score (nSPS) is 11.0. The zero-order valence-corrected chi connectivity index (χ0v) is 24.5. The van der Waals surface area contributed by atoms with Crippen LogP contribution in [-0.4, -0.2) is 32.7 Å². The van der Waals surface area contributed by atoms with Crippen molar-refractivity contribution < 1.29 is 33.9 Å². The van der Waals surface area contributed by atoms with Gasteiger partial charge >= 0.3 is 11.9 Å². The van der Waals surface area contributed by atoms with Gasteiger partial charge in [-0.25, -0.2) is 9.13 Å². The highest BCUT2D eigenvalue weighted by atomic mass is 35.5. The van der Waals surface area contributed by atoms with Crippen LogP contribution in [0.4, 0.5) is 34.6 Å². The number of anilines is 2. The molecule has 0 spiro atoms. The van der Waals surface area contributed by atoms with Crippen LogP contribution in [0, 0.1) is 13.8 Å². The van der Waals surface area contributed by atoms with Crippen molar-refractivity contribution in [2.24, 2.45) is 48.6 Å². The van der Waals surface area contributed by atoms with Crippen molar-refractivity contribution in [3.8, 4) is 0 Å². The summed E-state index contributed by atoms with van der Waals surface area (Å²) in [4.78, 5) is 0. The molecule has 0 saturated heterocycles. The Bertz CT molecular complexity index is 1290. The quantitative estimate of drug-likeness (QED) is 0.132. The molecule has 0 atom stereocenters. The molecule has 4 rings (SSSR count). The molecule has 0 aliphatic rings. The number of hydrogen-bond acceptors (Lipinski definition) is 8. The van der Waals surface area contributed by atoms with Crippen molar-refractivity contribution in [1.82, 2.24) is 19.6 Å². The Hall–Kier alpha value is -3.90. The van der Waals surface area contributed by atoms with Crippen LogP contribution < -0.4 is 44.6 Å². The minimum atomic E-state index is 0. The second-order valence-electron chi connectivity index (χ2n) is 8.94. The average Bonchev–Trinajstić information content (AvgIpc) is 3.37. The molecule has 12 nitrogen and oxygen atoms in total. The molecule has 14 heteroatoms. The first-order valence-electron chi connectivity index (χ1n) is 12.1. The van der Waals surface area contributed by atoms with E-state index in [1.54, 1.807) is 22.0 Å². The second-order valence-corrected chi connectivity index (χ2v) is 8.94. The molecule has 208 valence electrons. The van der Waals surface area contributed by atoms with E-state index in [-0.39, 0.29) is 24.8 Å². The number of nitrogens with zero attached hydrogens (tertiary/aromatic N) is 10. The monoisotopic (exact) mass is 572 g/mol. The minimum Gasteiger partial charge on any atom is -1.00 e. The van der Waals surface area contributed by atoms with Crippen molar-refractivity contribution in [3.63, 3.8) is 0 Å². The van der Waals surface area contributed by atoms with Crippen LogP contribution in [0.5, 0.6) is 0 Å². The summed E-state index contributed by atoms with van der Waals surface area (Å²) in [6, 6.07) is 12.1. The Labute approximate surface area is 240 Å². The number of azo groups is 2. The van der Waals surface area contributed by atoms with Gasteiger partial charge in [0.25, 0.3) is 0 Å². The van der Waals surface area contributed by atoms with E-state index in [1.165, 1.54) is 0 Å². The third kappa shape index (κ3) is 8.04. The smallest absolute Gasteiger partial charge is 0.403 e. The Kier molecular flexibility index (Phi) is 11.5. The lowest BCUT2D eigenvalue weighted by atomic mass is 10.1. The molecular weight excluding hydrogens is 539 g/mol. The van der Waals surface area contributed by atoms with Crippen LogP contribution in [0.2, 0.25) is 0 Å². The van der Waals surface area contributed by atoms with Gasteiger partial charge in [-0.15, -0.1) is 9.36 Å². The summed E-state index contributed by atoms with van der Waals surface area (Å²) >= 11 is 0. The fourth-order valence-electron chi connectivity index (χ4n) is 3.80. The number of aromatic nitrogens is 6. The Balaban J connectivity index is 0.00000267. The maximum absolute atomic E-state index is 4.35. The van der Waals surface area contributed by atoms with Crippen LogP contribution >= 0.6 is 0 Å². The summed E-state index contributed by atoms with van der Waals surface area (Å²) in [6.45, 7) is 5.85. The highest BCUT2D eigenvalue weighted by Gasteiger charge is 2.12. The lowest BCUT2D eigenvalue weighted by molar-refractivity contribution is -0.659. The van der Waals surface area contributed by atoms with Crippen LogP contribution in [-0.2, 0) is 28.2 Å². The van der Waals surface area contributed by atoms with Gasteiger partial charge < -0.3 is 35.4 Å². The number of nitrogens with one attached hydrogen (secondary N) is 2. The molecule has 4 aromatic rings. The zero-order chi connectivity index (χ0) is 26.4. The standard InChI is InChI=1S/C25H32N12.2ClH/c1-18-14-20(30-32-24-34(3)16-28-36(24)5)8-10-22(18)26-12-7-13-27-23-11-9-21(15-19(23)2)31-33-25-35(4)17-29-37(25)6;;/h8-11,14-17H,7,12-13H2,1-6H3;2*1H. The third-order valence-electron chi connectivity index (χ3n) is 5.92. The molecule has 2 aromatic heterocycles.